The normalized spacial score (nSPS) is 26.3. The summed E-state index contributed by atoms with van der Waals surface area (Å²) in [5.41, 5.74) is 5.35. The summed E-state index contributed by atoms with van der Waals surface area (Å²) in [6, 6.07) is 0. The molecule has 0 bridgehead atoms. The Labute approximate surface area is 57.7 Å². The molecule has 0 radical (unpaired) electrons. The molecule has 0 amide bonds. The number of hydrogen-bond acceptors (Lipinski definition) is 4. The third-order valence-corrected chi connectivity index (χ3v) is 1.30. The number of allylic oxidation sites excluding steroid dienone is 1. The first-order valence-corrected chi connectivity index (χ1v) is 2.78. The molecular weight excluding hydrogens is 140 g/mol. The van der Waals surface area contributed by atoms with Gasteiger partial charge in [-0.3, -0.25) is 15.7 Å². The van der Waals surface area contributed by atoms with Crippen molar-refractivity contribution in [1.29, 1.82) is 0 Å². The number of nitrogens with zero attached hydrogens (tertiary/aromatic N) is 2. The molecular formula is C4H7ClN4. The molecule has 0 saturated heterocycles. The molecule has 1 unspecified atom stereocenters. The molecule has 1 aliphatic rings. The minimum Gasteiger partial charge on any atom is -0.291 e. The van der Waals surface area contributed by atoms with Crippen molar-refractivity contribution in [2.45, 2.75) is 6.29 Å². The second-order valence-electron chi connectivity index (χ2n) is 1.61. The molecule has 5 heteroatoms. The molecule has 1 aliphatic heterocycles. The van der Waals surface area contributed by atoms with Gasteiger partial charge in [-0.05, 0) is 6.08 Å². The van der Waals surface area contributed by atoms with Crippen LogP contribution in [0.3, 0.4) is 0 Å². The molecule has 0 aromatic heterocycles. The van der Waals surface area contributed by atoms with E-state index >= 15 is 0 Å². The number of nitrogens with two attached hydrogens (primary N) is 2. The SMILES string of the molecule is NC1N=CC=C(Cl)N1N. The first-order chi connectivity index (χ1) is 4.22. The summed E-state index contributed by atoms with van der Waals surface area (Å²) in [5.74, 6) is 5.32. The molecule has 9 heavy (non-hydrogen) atoms. The molecule has 0 aromatic rings. The fourth-order valence-electron chi connectivity index (χ4n) is 0.477. The molecule has 4 nitrogen and oxygen atoms in total. The van der Waals surface area contributed by atoms with Gasteiger partial charge >= 0.3 is 0 Å². The largest absolute Gasteiger partial charge is 0.291 e. The van der Waals surface area contributed by atoms with Crippen molar-refractivity contribution < 1.29 is 0 Å². The zero-order valence-electron chi connectivity index (χ0n) is 4.66. The monoisotopic (exact) mass is 146 g/mol. The number of rotatable bonds is 0. The van der Waals surface area contributed by atoms with Gasteiger partial charge < -0.3 is 0 Å². The van der Waals surface area contributed by atoms with E-state index in [9.17, 15) is 0 Å². The summed E-state index contributed by atoms with van der Waals surface area (Å²) in [4.78, 5) is 3.75. The molecule has 4 N–H and O–H groups in total. The van der Waals surface area contributed by atoms with Crippen molar-refractivity contribution >= 4 is 17.8 Å². The van der Waals surface area contributed by atoms with E-state index in [-0.39, 0.29) is 0 Å². The van der Waals surface area contributed by atoms with Crippen LogP contribution in [-0.2, 0) is 0 Å². The van der Waals surface area contributed by atoms with Crippen LogP contribution in [0.2, 0.25) is 0 Å². The summed E-state index contributed by atoms with van der Waals surface area (Å²) >= 11 is 5.55. The lowest BCUT2D eigenvalue weighted by atomic mass is 10.5. The summed E-state index contributed by atoms with van der Waals surface area (Å²) in [5, 5.41) is 1.58. The van der Waals surface area contributed by atoms with E-state index in [1.807, 2.05) is 0 Å². The van der Waals surface area contributed by atoms with E-state index in [2.05, 4.69) is 4.99 Å². The second kappa shape index (κ2) is 2.34. The van der Waals surface area contributed by atoms with Crippen LogP contribution in [-0.4, -0.2) is 17.5 Å². The molecule has 50 valence electrons. The quantitative estimate of drug-likeness (QED) is 0.360. The lowest BCUT2D eigenvalue weighted by molar-refractivity contribution is 0.287. The van der Waals surface area contributed by atoms with Crippen molar-refractivity contribution in [3.63, 3.8) is 0 Å². The van der Waals surface area contributed by atoms with E-state index in [1.54, 1.807) is 6.08 Å². The highest BCUT2D eigenvalue weighted by Crippen LogP contribution is 2.08. The van der Waals surface area contributed by atoms with E-state index in [4.69, 9.17) is 23.2 Å². The maximum atomic E-state index is 5.55. The van der Waals surface area contributed by atoms with Crippen molar-refractivity contribution in [3.05, 3.63) is 11.2 Å². The third-order valence-electron chi connectivity index (χ3n) is 0.983. The van der Waals surface area contributed by atoms with E-state index in [1.165, 1.54) is 11.2 Å². The predicted octanol–water partition coefficient (Wildman–Crippen LogP) is -0.431. The maximum Gasteiger partial charge on any atom is 0.187 e. The maximum absolute atomic E-state index is 5.55. The van der Waals surface area contributed by atoms with Gasteiger partial charge in [0, 0.05) is 6.21 Å². The van der Waals surface area contributed by atoms with Crippen LogP contribution in [0.4, 0.5) is 0 Å². The van der Waals surface area contributed by atoms with Crippen molar-refractivity contribution in [1.82, 2.24) is 5.01 Å². The first-order valence-electron chi connectivity index (χ1n) is 2.40. The molecule has 0 aliphatic carbocycles. The Bertz CT molecular complexity index is 164. The van der Waals surface area contributed by atoms with Gasteiger partial charge in [0.05, 0.1) is 0 Å². The summed E-state index contributed by atoms with van der Waals surface area (Å²) in [7, 11) is 0. The summed E-state index contributed by atoms with van der Waals surface area (Å²) in [6.45, 7) is 0. The number of aliphatic imine (C=N–C) groups is 1. The average Bonchev–Trinajstić information content (AvgIpc) is 1.83. The zero-order valence-corrected chi connectivity index (χ0v) is 5.42. The zero-order chi connectivity index (χ0) is 6.85. The van der Waals surface area contributed by atoms with Crippen LogP contribution in [0.1, 0.15) is 0 Å². The minimum atomic E-state index is -0.539. The lowest BCUT2D eigenvalue weighted by Crippen LogP contribution is -2.45. The van der Waals surface area contributed by atoms with E-state index in [0.29, 0.717) is 5.16 Å². The van der Waals surface area contributed by atoms with Gasteiger partial charge in [0.2, 0.25) is 0 Å². The van der Waals surface area contributed by atoms with Crippen LogP contribution >= 0.6 is 11.6 Å². The fourth-order valence-corrected chi connectivity index (χ4v) is 0.633. The average molecular weight is 147 g/mol. The third kappa shape index (κ3) is 1.21. The molecule has 1 heterocycles. The topological polar surface area (TPSA) is 67.6 Å². The Kier molecular flexibility index (Phi) is 1.70. The lowest BCUT2D eigenvalue weighted by Gasteiger charge is -2.23. The Morgan fingerprint density at radius 1 is 1.78 bits per heavy atom. The highest BCUT2D eigenvalue weighted by Gasteiger charge is 2.11. The molecule has 0 saturated carbocycles. The van der Waals surface area contributed by atoms with Gasteiger partial charge in [-0.25, -0.2) is 5.84 Å². The van der Waals surface area contributed by atoms with Crippen molar-refractivity contribution in [3.8, 4) is 0 Å². The minimum absolute atomic E-state index is 0.400. The Morgan fingerprint density at radius 2 is 2.44 bits per heavy atom. The molecule has 0 spiro atoms. The van der Waals surface area contributed by atoms with Crippen LogP contribution in [0.15, 0.2) is 16.2 Å². The second-order valence-corrected chi connectivity index (χ2v) is 2.00. The first kappa shape index (κ1) is 6.54. The Balaban J connectivity index is 2.73. The summed E-state index contributed by atoms with van der Waals surface area (Å²) in [6.07, 6.45) is 2.56. The van der Waals surface area contributed by atoms with Gasteiger partial charge in [-0.1, -0.05) is 11.6 Å². The highest BCUT2D eigenvalue weighted by molar-refractivity contribution is 6.30. The van der Waals surface area contributed by atoms with Crippen LogP contribution in [0.25, 0.3) is 0 Å². The van der Waals surface area contributed by atoms with Crippen molar-refractivity contribution in [2.24, 2.45) is 16.6 Å². The standard InChI is InChI=1S/C4H7ClN4/c5-3-1-2-8-4(6)9(3)7/h1-2,4H,6-7H2. The van der Waals surface area contributed by atoms with Crippen LogP contribution < -0.4 is 11.6 Å². The summed E-state index contributed by atoms with van der Waals surface area (Å²) < 4.78 is 0. The number of hydrogen-bond donors (Lipinski definition) is 2. The highest BCUT2D eigenvalue weighted by atomic mass is 35.5. The van der Waals surface area contributed by atoms with Gasteiger partial charge in [0.25, 0.3) is 0 Å². The Morgan fingerprint density at radius 3 is 2.89 bits per heavy atom. The van der Waals surface area contributed by atoms with E-state index < -0.39 is 6.29 Å². The molecule has 1 atom stereocenters. The van der Waals surface area contributed by atoms with Gasteiger partial charge in [0.1, 0.15) is 5.16 Å². The molecule has 0 aromatic carbocycles. The predicted molar refractivity (Wildman–Crippen MR) is 36.4 cm³/mol. The van der Waals surface area contributed by atoms with E-state index in [0.717, 1.165) is 0 Å². The van der Waals surface area contributed by atoms with Gasteiger partial charge in [0.15, 0.2) is 6.29 Å². The number of hydrazine groups is 1. The van der Waals surface area contributed by atoms with Gasteiger partial charge in [-0.2, -0.15) is 0 Å². The van der Waals surface area contributed by atoms with Crippen LogP contribution in [0.5, 0.6) is 0 Å². The smallest absolute Gasteiger partial charge is 0.187 e. The van der Waals surface area contributed by atoms with Crippen LogP contribution in [0, 0.1) is 0 Å². The molecule has 1 rings (SSSR count). The molecule has 0 fully saturated rings. The van der Waals surface area contributed by atoms with Crippen molar-refractivity contribution in [2.75, 3.05) is 0 Å². The number of halogens is 1. The Hall–Kier alpha value is -0.580. The fraction of sp³-hybridized carbons (Fsp3) is 0.250. The van der Waals surface area contributed by atoms with Gasteiger partial charge in [-0.15, -0.1) is 0 Å².